The van der Waals surface area contributed by atoms with Crippen LogP contribution in [-0.2, 0) is 0 Å². The molecule has 1 radical (unpaired) electrons. The summed E-state index contributed by atoms with van der Waals surface area (Å²) in [5.41, 5.74) is 2.51. The molecule has 12 heavy (non-hydrogen) atoms. The zero-order valence-corrected chi connectivity index (χ0v) is 8.14. The first-order valence-corrected chi connectivity index (χ1v) is 4.11. The van der Waals surface area contributed by atoms with Crippen LogP contribution in [0.15, 0.2) is 18.2 Å². The van der Waals surface area contributed by atoms with Crippen LogP contribution in [0.1, 0.15) is 25.0 Å². The summed E-state index contributed by atoms with van der Waals surface area (Å²) in [6.07, 6.45) is 0. The summed E-state index contributed by atoms with van der Waals surface area (Å²) in [7, 11) is 1.71. The highest BCUT2D eigenvalue weighted by Gasteiger charge is 2.06. The minimum absolute atomic E-state index is 0.966. The molecule has 1 aromatic rings. The Bertz CT molecular complexity index is 264. The van der Waals surface area contributed by atoms with Gasteiger partial charge in [-0.1, -0.05) is 26.0 Å². The Labute approximate surface area is 74.4 Å². The van der Waals surface area contributed by atoms with Crippen molar-refractivity contribution in [1.82, 2.24) is 0 Å². The van der Waals surface area contributed by atoms with E-state index >= 15 is 0 Å². The Kier molecular flexibility index (Phi) is 2.74. The lowest BCUT2D eigenvalue weighted by molar-refractivity contribution is 0.411. The number of ether oxygens (including phenoxy) is 1. The van der Waals surface area contributed by atoms with Gasteiger partial charge in [-0.3, -0.25) is 0 Å². The first-order chi connectivity index (χ1) is 5.66. The zero-order valence-electron chi connectivity index (χ0n) is 8.14. The highest BCUT2D eigenvalue weighted by molar-refractivity contribution is 5.44. The second-order valence-electron chi connectivity index (χ2n) is 3.13. The molecule has 0 aliphatic heterocycles. The minimum atomic E-state index is 0.966. The Morgan fingerprint density at radius 2 is 1.92 bits per heavy atom. The van der Waals surface area contributed by atoms with Gasteiger partial charge >= 0.3 is 0 Å². The topological polar surface area (TPSA) is 9.23 Å². The van der Waals surface area contributed by atoms with Crippen molar-refractivity contribution < 1.29 is 4.74 Å². The summed E-state index contributed by atoms with van der Waals surface area (Å²) in [6, 6.07) is 6.13. The third-order valence-corrected chi connectivity index (χ3v) is 2.04. The van der Waals surface area contributed by atoms with Crippen LogP contribution in [0, 0.1) is 12.8 Å². The van der Waals surface area contributed by atoms with E-state index in [9.17, 15) is 0 Å². The molecule has 1 nitrogen and oxygen atoms in total. The van der Waals surface area contributed by atoms with E-state index in [-0.39, 0.29) is 0 Å². The SMILES string of the molecule is COc1cccc([C](C)C)c1C. The van der Waals surface area contributed by atoms with E-state index in [0.717, 1.165) is 5.75 Å². The molecule has 0 bridgehead atoms. The summed E-state index contributed by atoms with van der Waals surface area (Å²) in [6.45, 7) is 6.31. The maximum absolute atomic E-state index is 5.22. The molecule has 0 heterocycles. The number of benzene rings is 1. The molecular formula is C11H15O. The van der Waals surface area contributed by atoms with E-state index in [1.54, 1.807) is 7.11 Å². The Morgan fingerprint density at radius 1 is 1.25 bits per heavy atom. The van der Waals surface area contributed by atoms with Gasteiger partial charge in [-0.2, -0.15) is 0 Å². The van der Waals surface area contributed by atoms with Gasteiger partial charge in [0.05, 0.1) is 7.11 Å². The van der Waals surface area contributed by atoms with Crippen molar-refractivity contribution in [2.75, 3.05) is 7.11 Å². The minimum Gasteiger partial charge on any atom is -0.496 e. The second kappa shape index (κ2) is 3.61. The van der Waals surface area contributed by atoms with E-state index in [0.29, 0.717) is 0 Å². The summed E-state index contributed by atoms with van der Waals surface area (Å²) < 4.78 is 5.22. The molecule has 65 valence electrons. The molecule has 0 amide bonds. The number of methoxy groups -OCH3 is 1. The van der Waals surface area contributed by atoms with Crippen molar-refractivity contribution in [3.8, 4) is 5.75 Å². The fraction of sp³-hybridized carbons (Fsp3) is 0.364. The van der Waals surface area contributed by atoms with Crippen molar-refractivity contribution >= 4 is 0 Å². The lowest BCUT2D eigenvalue weighted by Gasteiger charge is -2.11. The van der Waals surface area contributed by atoms with Crippen molar-refractivity contribution in [2.24, 2.45) is 0 Å². The van der Waals surface area contributed by atoms with Crippen LogP contribution in [-0.4, -0.2) is 7.11 Å². The van der Waals surface area contributed by atoms with E-state index in [2.05, 4.69) is 26.8 Å². The van der Waals surface area contributed by atoms with Gasteiger partial charge in [-0.05, 0) is 30.0 Å². The van der Waals surface area contributed by atoms with Crippen molar-refractivity contribution in [3.63, 3.8) is 0 Å². The Balaban J connectivity index is 3.14. The van der Waals surface area contributed by atoms with Gasteiger partial charge in [-0.15, -0.1) is 0 Å². The second-order valence-corrected chi connectivity index (χ2v) is 3.13. The quantitative estimate of drug-likeness (QED) is 0.651. The summed E-state index contributed by atoms with van der Waals surface area (Å²) in [5, 5.41) is 0. The van der Waals surface area contributed by atoms with Crippen molar-refractivity contribution in [1.29, 1.82) is 0 Å². The molecule has 0 N–H and O–H groups in total. The maximum Gasteiger partial charge on any atom is 0.122 e. The number of rotatable bonds is 2. The van der Waals surface area contributed by atoms with Crippen LogP contribution in [0.4, 0.5) is 0 Å². The molecule has 1 aromatic carbocycles. The van der Waals surface area contributed by atoms with E-state index in [1.165, 1.54) is 17.0 Å². The molecule has 1 heteroatoms. The number of hydrogen-bond acceptors (Lipinski definition) is 1. The average molecular weight is 163 g/mol. The third-order valence-electron chi connectivity index (χ3n) is 2.04. The molecule has 0 spiro atoms. The van der Waals surface area contributed by atoms with Crippen LogP contribution in [0.3, 0.4) is 0 Å². The first-order valence-electron chi connectivity index (χ1n) is 4.11. The van der Waals surface area contributed by atoms with Gasteiger partial charge in [0.25, 0.3) is 0 Å². The monoisotopic (exact) mass is 163 g/mol. The largest absolute Gasteiger partial charge is 0.496 e. The lowest BCUT2D eigenvalue weighted by Crippen LogP contribution is -1.95. The number of hydrogen-bond donors (Lipinski definition) is 0. The lowest BCUT2D eigenvalue weighted by atomic mass is 9.98. The fourth-order valence-corrected chi connectivity index (χ4v) is 1.38. The maximum atomic E-state index is 5.22. The van der Waals surface area contributed by atoms with Crippen LogP contribution in [0.5, 0.6) is 5.75 Å². The van der Waals surface area contributed by atoms with Gasteiger partial charge in [0.15, 0.2) is 0 Å². The van der Waals surface area contributed by atoms with Crippen LogP contribution in [0.2, 0.25) is 0 Å². The van der Waals surface area contributed by atoms with Gasteiger partial charge in [0.1, 0.15) is 5.75 Å². The third kappa shape index (κ3) is 1.60. The highest BCUT2D eigenvalue weighted by Crippen LogP contribution is 2.25. The fourth-order valence-electron chi connectivity index (χ4n) is 1.38. The Morgan fingerprint density at radius 3 is 2.42 bits per heavy atom. The van der Waals surface area contributed by atoms with Gasteiger partial charge in [-0.25, -0.2) is 0 Å². The molecule has 1 rings (SSSR count). The molecule has 0 aliphatic rings. The van der Waals surface area contributed by atoms with E-state index in [4.69, 9.17) is 4.74 Å². The predicted octanol–water partition coefficient (Wildman–Crippen LogP) is 2.97. The van der Waals surface area contributed by atoms with Crippen LogP contribution < -0.4 is 4.74 Å². The van der Waals surface area contributed by atoms with E-state index < -0.39 is 0 Å². The van der Waals surface area contributed by atoms with Gasteiger partial charge in [0.2, 0.25) is 0 Å². The summed E-state index contributed by atoms with van der Waals surface area (Å²) in [5.74, 6) is 2.29. The van der Waals surface area contributed by atoms with E-state index in [1.807, 2.05) is 12.1 Å². The standard InChI is InChI=1S/C11H15O/c1-8(2)10-6-5-7-11(12-4)9(10)3/h5-7H,1-4H3. The summed E-state index contributed by atoms with van der Waals surface area (Å²) >= 11 is 0. The molecule has 0 aliphatic carbocycles. The molecule has 0 aromatic heterocycles. The molecule has 0 saturated heterocycles. The highest BCUT2D eigenvalue weighted by atomic mass is 16.5. The first kappa shape index (κ1) is 9.11. The predicted molar refractivity (Wildman–Crippen MR) is 51.4 cm³/mol. The van der Waals surface area contributed by atoms with Crippen LogP contribution >= 0.6 is 0 Å². The van der Waals surface area contributed by atoms with Gasteiger partial charge < -0.3 is 4.74 Å². The molecule has 0 atom stereocenters. The normalized spacial score (nSPS) is 10.4. The molecule has 0 fully saturated rings. The van der Waals surface area contributed by atoms with Crippen molar-refractivity contribution in [2.45, 2.75) is 20.8 Å². The van der Waals surface area contributed by atoms with Crippen molar-refractivity contribution in [3.05, 3.63) is 35.2 Å². The van der Waals surface area contributed by atoms with Gasteiger partial charge in [0, 0.05) is 0 Å². The summed E-state index contributed by atoms with van der Waals surface area (Å²) in [4.78, 5) is 0. The smallest absolute Gasteiger partial charge is 0.122 e. The molecule has 0 saturated carbocycles. The van der Waals surface area contributed by atoms with Crippen LogP contribution in [0.25, 0.3) is 0 Å². The average Bonchev–Trinajstić information content (AvgIpc) is 2.04. The Hall–Kier alpha value is -0.980. The molecular weight excluding hydrogens is 148 g/mol. The molecule has 0 unspecified atom stereocenters. The zero-order chi connectivity index (χ0) is 9.14.